The van der Waals surface area contributed by atoms with Gasteiger partial charge in [0.05, 0.1) is 19.1 Å². The van der Waals surface area contributed by atoms with Gasteiger partial charge in [-0.05, 0) is 32.1 Å². The van der Waals surface area contributed by atoms with E-state index in [0.29, 0.717) is 12.8 Å². The van der Waals surface area contributed by atoms with Crippen molar-refractivity contribution in [1.82, 2.24) is 0 Å². The third-order valence-corrected chi connectivity index (χ3v) is 7.25. The average molecular weight is 513 g/mol. The maximum absolute atomic E-state index is 12.7. The van der Waals surface area contributed by atoms with E-state index >= 15 is 0 Å². The van der Waals surface area contributed by atoms with Gasteiger partial charge in [-0.15, -0.1) is 0 Å². The van der Waals surface area contributed by atoms with Crippen molar-refractivity contribution in [1.29, 1.82) is 0 Å². The van der Waals surface area contributed by atoms with Crippen molar-refractivity contribution < 1.29 is 28.5 Å². The molecule has 1 rings (SSSR count). The van der Waals surface area contributed by atoms with E-state index < -0.39 is 12.0 Å². The molecule has 0 aliphatic carbocycles. The van der Waals surface area contributed by atoms with Crippen LogP contribution >= 0.6 is 0 Å². The van der Waals surface area contributed by atoms with Gasteiger partial charge in [-0.2, -0.15) is 0 Å². The molecule has 0 aromatic rings. The Morgan fingerprint density at radius 1 is 0.833 bits per heavy atom. The first-order valence-electron chi connectivity index (χ1n) is 15.0. The number of hydrogen-bond acceptors (Lipinski definition) is 6. The normalized spacial score (nSPS) is 18.4. The third kappa shape index (κ3) is 15.9. The predicted molar refractivity (Wildman–Crippen MR) is 145 cm³/mol. The molecule has 212 valence electrons. The Kier molecular flexibility index (Phi) is 20.0. The first-order valence-corrected chi connectivity index (χ1v) is 15.0. The van der Waals surface area contributed by atoms with Crippen LogP contribution in [0.2, 0.25) is 0 Å². The maximum atomic E-state index is 12.7. The molecular formula is C30H56O6. The van der Waals surface area contributed by atoms with E-state index in [1.807, 2.05) is 0 Å². The lowest BCUT2D eigenvalue weighted by Crippen LogP contribution is -2.38. The number of carbonyl (C=O) groups is 2. The van der Waals surface area contributed by atoms with Crippen LogP contribution in [0.25, 0.3) is 0 Å². The summed E-state index contributed by atoms with van der Waals surface area (Å²) < 4.78 is 23.1. The van der Waals surface area contributed by atoms with Gasteiger partial charge in [0, 0.05) is 20.0 Å². The molecule has 6 heteroatoms. The molecule has 0 bridgehead atoms. The lowest BCUT2D eigenvalue weighted by molar-refractivity contribution is -0.198. The first kappa shape index (κ1) is 32.9. The Bertz CT molecular complexity index is 546. The van der Waals surface area contributed by atoms with Crippen molar-refractivity contribution in [2.45, 2.75) is 161 Å². The van der Waals surface area contributed by atoms with Crippen molar-refractivity contribution in [3.05, 3.63) is 0 Å². The summed E-state index contributed by atoms with van der Waals surface area (Å²) in [5.74, 6) is -1.12. The summed E-state index contributed by atoms with van der Waals surface area (Å²) in [5, 5.41) is 0. The molecule has 6 nitrogen and oxygen atoms in total. The average Bonchev–Trinajstić information content (AvgIpc) is 2.87. The van der Waals surface area contributed by atoms with Gasteiger partial charge < -0.3 is 18.9 Å². The standard InChI is InChI=1S/C30H56O6/c1-5-7-9-11-12-13-14-15-16-20-26(36-29-22-18-19-23-34-29)24-28(35-25(3)31)27(30(32)33-4)21-17-10-8-6-2/h26-29H,5-24H2,1-4H3/t26-,27+,28+,29?/m1/s1. The summed E-state index contributed by atoms with van der Waals surface area (Å²) >= 11 is 0. The second kappa shape index (κ2) is 21.9. The second-order valence-corrected chi connectivity index (χ2v) is 10.5. The van der Waals surface area contributed by atoms with E-state index in [1.165, 1.54) is 65.4 Å². The Balaban J connectivity index is 2.73. The Labute approximate surface area is 221 Å². The highest BCUT2D eigenvalue weighted by molar-refractivity contribution is 5.74. The van der Waals surface area contributed by atoms with Crippen molar-refractivity contribution in [2.24, 2.45) is 5.92 Å². The van der Waals surface area contributed by atoms with E-state index in [9.17, 15) is 9.59 Å². The molecule has 36 heavy (non-hydrogen) atoms. The number of rotatable bonds is 22. The number of ether oxygens (including phenoxy) is 4. The highest BCUT2D eigenvalue weighted by Gasteiger charge is 2.34. The zero-order valence-electron chi connectivity index (χ0n) is 23.9. The summed E-state index contributed by atoms with van der Waals surface area (Å²) in [5.41, 5.74) is 0. The van der Waals surface area contributed by atoms with E-state index in [1.54, 1.807) is 0 Å². The second-order valence-electron chi connectivity index (χ2n) is 10.5. The molecule has 1 aliphatic rings. The van der Waals surface area contributed by atoms with Gasteiger partial charge >= 0.3 is 11.9 Å². The molecule has 0 radical (unpaired) electrons. The van der Waals surface area contributed by atoms with E-state index in [4.69, 9.17) is 18.9 Å². The molecule has 0 amide bonds. The van der Waals surface area contributed by atoms with Crippen molar-refractivity contribution in [2.75, 3.05) is 13.7 Å². The fraction of sp³-hybridized carbons (Fsp3) is 0.933. The molecule has 0 aromatic carbocycles. The fourth-order valence-electron chi connectivity index (χ4n) is 5.12. The summed E-state index contributed by atoms with van der Waals surface area (Å²) in [6, 6.07) is 0. The van der Waals surface area contributed by atoms with Crippen LogP contribution in [0.5, 0.6) is 0 Å². The highest BCUT2D eigenvalue weighted by Crippen LogP contribution is 2.27. The molecule has 1 unspecified atom stereocenters. The van der Waals surface area contributed by atoms with Gasteiger partial charge in [-0.1, -0.05) is 97.3 Å². The van der Waals surface area contributed by atoms with Gasteiger partial charge in [0.2, 0.25) is 0 Å². The number of unbranched alkanes of at least 4 members (excludes halogenated alkanes) is 11. The van der Waals surface area contributed by atoms with Gasteiger partial charge in [-0.3, -0.25) is 9.59 Å². The summed E-state index contributed by atoms with van der Waals surface area (Å²) in [6.07, 6.45) is 19.9. The summed E-state index contributed by atoms with van der Waals surface area (Å²) in [6.45, 7) is 6.56. The third-order valence-electron chi connectivity index (χ3n) is 7.25. The molecule has 0 aromatic heterocycles. The Morgan fingerprint density at radius 2 is 1.42 bits per heavy atom. The molecule has 1 fully saturated rings. The van der Waals surface area contributed by atoms with Crippen LogP contribution < -0.4 is 0 Å². The SMILES string of the molecule is CCCCCCCCCCC[C@H](C[C@H](OC(C)=O)[C@H](CCCCCC)C(=O)OC)OC1CCCCO1. The molecule has 0 N–H and O–H groups in total. The zero-order chi connectivity index (χ0) is 26.4. The van der Waals surface area contributed by atoms with Gasteiger partial charge in [0.15, 0.2) is 6.29 Å². The van der Waals surface area contributed by atoms with Crippen LogP contribution in [0.15, 0.2) is 0 Å². The molecule has 0 spiro atoms. The van der Waals surface area contributed by atoms with Crippen LogP contribution in [0.1, 0.15) is 143 Å². The minimum Gasteiger partial charge on any atom is -0.469 e. The lowest BCUT2D eigenvalue weighted by atomic mass is 9.90. The van der Waals surface area contributed by atoms with Gasteiger partial charge in [-0.25, -0.2) is 0 Å². The molecule has 1 saturated heterocycles. The lowest BCUT2D eigenvalue weighted by Gasteiger charge is -2.32. The van der Waals surface area contributed by atoms with Gasteiger partial charge in [0.25, 0.3) is 0 Å². The van der Waals surface area contributed by atoms with Crippen LogP contribution in [-0.4, -0.2) is 44.2 Å². The number of methoxy groups -OCH3 is 1. The van der Waals surface area contributed by atoms with Crippen molar-refractivity contribution in [3.8, 4) is 0 Å². The molecule has 1 heterocycles. The quantitative estimate of drug-likeness (QED) is 0.108. The minimum absolute atomic E-state index is 0.107. The van der Waals surface area contributed by atoms with Crippen LogP contribution in [0.3, 0.4) is 0 Å². The van der Waals surface area contributed by atoms with Crippen molar-refractivity contribution in [3.63, 3.8) is 0 Å². The van der Waals surface area contributed by atoms with Crippen LogP contribution in [0.4, 0.5) is 0 Å². The number of hydrogen-bond donors (Lipinski definition) is 0. The first-order chi connectivity index (χ1) is 17.5. The molecule has 4 atom stereocenters. The zero-order valence-corrected chi connectivity index (χ0v) is 23.9. The Hall–Kier alpha value is -1.14. The molecular weight excluding hydrogens is 456 g/mol. The van der Waals surface area contributed by atoms with Gasteiger partial charge in [0.1, 0.15) is 6.10 Å². The fourth-order valence-corrected chi connectivity index (χ4v) is 5.12. The molecule has 1 aliphatic heterocycles. The topological polar surface area (TPSA) is 71.1 Å². The van der Waals surface area contributed by atoms with Crippen LogP contribution in [-0.2, 0) is 28.5 Å². The summed E-state index contributed by atoms with van der Waals surface area (Å²) in [4.78, 5) is 24.7. The largest absolute Gasteiger partial charge is 0.469 e. The summed E-state index contributed by atoms with van der Waals surface area (Å²) in [7, 11) is 1.41. The van der Waals surface area contributed by atoms with E-state index in [0.717, 1.165) is 64.4 Å². The minimum atomic E-state index is -0.538. The molecule has 0 saturated carbocycles. The van der Waals surface area contributed by atoms with E-state index in [-0.39, 0.29) is 24.3 Å². The number of esters is 2. The maximum Gasteiger partial charge on any atom is 0.312 e. The predicted octanol–water partition coefficient (Wildman–Crippen LogP) is 7.90. The van der Waals surface area contributed by atoms with E-state index in [2.05, 4.69) is 13.8 Å². The van der Waals surface area contributed by atoms with Crippen molar-refractivity contribution >= 4 is 11.9 Å². The monoisotopic (exact) mass is 512 g/mol. The van der Waals surface area contributed by atoms with Crippen LogP contribution in [0, 0.1) is 5.92 Å². The highest BCUT2D eigenvalue weighted by atomic mass is 16.7. The Morgan fingerprint density at radius 3 is 1.97 bits per heavy atom. The number of carbonyl (C=O) groups excluding carboxylic acids is 2. The smallest absolute Gasteiger partial charge is 0.312 e.